The van der Waals surface area contributed by atoms with Gasteiger partial charge >= 0.3 is 0 Å². The maximum Gasteiger partial charge on any atom is 0.251 e. The quantitative estimate of drug-likeness (QED) is 0.550. The molecule has 1 amide bonds. The molecule has 3 aromatic rings. The molecule has 2 heterocycles. The molecule has 3 rings (SSSR count). The average Bonchev–Trinajstić information content (AvgIpc) is 3.19. The first-order valence-electron chi connectivity index (χ1n) is 9.97. The number of benzene rings is 1. The molecular formula is C25H30N2OS. The molecule has 0 aliphatic carbocycles. The van der Waals surface area contributed by atoms with Gasteiger partial charge in [-0.1, -0.05) is 53.7 Å². The molecule has 152 valence electrons. The molecule has 3 nitrogen and oxygen atoms in total. The highest BCUT2D eigenvalue weighted by Crippen LogP contribution is 2.30. The number of nitrogens with one attached hydrogen (secondary N) is 1. The lowest BCUT2D eigenvalue weighted by atomic mass is 9.79. The van der Waals surface area contributed by atoms with Crippen LogP contribution in [0, 0.1) is 0 Å². The van der Waals surface area contributed by atoms with E-state index in [0.717, 1.165) is 21.7 Å². The van der Waals surface area contributed by atoms with Crippen LogP contribution in [0.5, 0.6) is 0 Å². The first-order valence-corrected chi connectivity index (χ1v) is 10.8. The van der Waals surface area contributed by atoms with E-state index in [9.17, 15) is 4.79 Å². The Labute approximate surface area is 178 Å². The third-order valence-electron chi connectivity index (χ3n) is 4.98. The SMILES string of the molecule is CC(C)(C)c1cc(C(=O)NCc2ccnc(-c3cccs3)c2)cc(C(C)(C)C)c1. The lowest BCUT2D eigenvalue weighted by molar-refractivity contribution is 0.0950. The zero-order valence-electron chi connectivity index (χ0n) is 18.2. The van der Waals surface area contributed by atoms with Crippen LogP contribution in [0.15, 0.2) is 54.0 Å². The van der Waals surface area contributed by atoms with Gasteiger partial charge in [0.25, 0.3) is 5.91 Å². The van der Waals surface area contributed by atoms with Crippen molar-refractivity contribution in [3.63, 3.8) is 0 Å². The van der Waals surface area contributed by atoms with Crippen molar-refractivity contribution in [2.45, 2.75) is 58.9 Å². The highest BCUT2D eigenvalue weighted by Gasteiger charge is 2.22. The van der Waals surface area contributed by atoms with Crippen molar-refractivity contribution in [2.24, 2.45) is 0 Å². The fourth-order valence-electron chi connectivity index (χ4n) is 3.05. The number of amides is 1. The monoisotopic (exact) mass is 406 g/mol. The van der Waals surface area contributed by atoms with Gasteiger partial charge in [-0.15, -0.1) is 11.3 Å². The maximum atomic E-state index is 13.0. The number of thiophene rings is 1. The molecule has 0 bridgehead atoms. The minimum Gasteiger partial charge on any atom is -0.348 e. The first kappa shape index (κ1) is 21.3. The van der Waals surface area contributed by atoms with Crippen LogP contribution in [0.4, 0.5) is 0 Å². The molecule has 0 aliphatic heterocycles. The largest absolute Gasteiger partial charge is 0.348 e. The molecule has 0 atom stereocenters. The van der Waals surface area contributed by atoms with Crippen LogP contribution < -0.4 is 5.32 Å². The number of pyridine rings is 1. The Morgan fingerprint density at radius 2 is 1.62 bits per heavy atom. The Kier molecular flexibility index (Phi) is 5.95. The summed E-state index contributed by atoms with van der Waals surface area (Å²) in [5.74, 6) is -0.0453. The van der Waals surface area contributed by atoms with Gasteiger partial charge in [0.2, 0.25) is 0 Å². The molecule has 0 saturated carbocycles. The first-order chi connectivity index (χ1) is 13.5. The molecular weight excluding hydrogens is 376 g/mol. The second kappa shape index (κ2) is 8.11. The fourth-order valence-corrected chi connectivity index (χ4v) is 3.75. The van der Waals surface area contributed by atoms with Gasteiger partial charge < -0.3 is 5.32 Å². The standard InChI is InChI=1S/C25H30N2OS/c1-24(2,3)19-13-18(14-20(15-19)25(4,5)6)23(28)27-16-17-9-10-26-21(12-17)22-8-7-11-29-22/h7-15H,16H2,1-6H3,(H,27,28). The Hall–Kier alpha value is -2.46. The van der Waals surface area contributed by atoms with Crippen LogP contribution in [-0.4, -0.2) is 10.9 Å². The predicted molar refractivity (Wildman–Crippen MR) is 123 cm³/mol. The Morgan fingerprint density at radius 3 is 2.17 bits per heavy atom. The molecule has 0 fully saturated rings. The Bertz CT molecular complexity index is 960. The number of carbonyl (C=O) groups excluding carboxylic acids is 1. The zero-order valence-corrected chi connectivity index (χ0v) is 19.0. The van der Waals surface area contributed by atoms with Crippen LogP contribution in [0.25, 0.3) is 10.6 Å². The number of carbonyl (C=O) groups is 1. The van der Waals surface area contributed by atoms with E-state index < -0.39 is 0 Å². The van der Waals surface area contributed by atoms with Crippen molar-refractivity contribution in [2.75, 3.05) is 0 Å². The van der Waals surface area contributed by atoms with E-state index in [-0.39, 0.29) is 16.7 Å². The molecule has 0 unspecified atom stereocenters. The van der Waals surface area contributed by atoms with Crippen molar-refractivity contribution in [3.05, 3.63) is 76.3 Å². The van der Waals surface area contributed by atoms with Crippen molar-refractivity contribution < 1.29 is 4.79 Å². The van der Waals surface area contributed by atoms with Crippen LogP contribution in [0.2, 0.25) is 0 Å². The predicted octanol–water partition coefficient (Wildman–Crippen LogP) is 6.34. The average molecular weight is 407 g/mol. The van der Waals surface area contributed by atoms with Crippen LogP contribution in [0.3, 0.4) is 0 Å². The molecule has 1 aromatic carbocycles. The van der Waals surface area contributed by atoms with Gasteiger partial charge in [0.05, 0.1) is 10.6 Å². The molecule has 0 aliphatic rings. The highest BCUT2D eigenvalue weighted by molar-refractivity contribution is 7.13. The van der Waals surface area contributed by atoms with E-state index in [1.54, 1.807) is 17.5 Å². The fraction of sp³-hybridized carbons (Fsp3) is 0.360. The number of hydrogen-bond acceptors (Lipinski definition) is 3. The topological polar surface area (TPSA) is 42.0 Å². The molecule has 1 N–H and O–H groups in total. The summed E-state index contributed by atoms with van der Waals surface area (Å²) in [5.41, 5.74) is 5.03. The summed E-state index contributed by atoms with van der Waals surface area (Å²) in [6, 6.07) is 14.3. The van der Waals surface area contributed by atoms with Gasteiger partial charge in [-0.25, -0.2) is 0 Å². The van der Waals surface area contributed by atoms with Gasteiger partial charge in [0.15, 0.2) is 0 Å². The van der Waals surface area contributed by atoms with Crippen LogP contribution in [-0.2, 0) is 17.4 Å². The van der Waals surface area contributed by atoms with Gasteiger partial charge in [0.1, 0.15) is 0 Å². The second-order valence-electron chi connectivity index (χ2n) is 9.51. The van der Waals surface area contributed by atoms with E-state index in [0.29, 0.717) is 6.54 Å². The number of hydrogen-bond donors (Lipinski definition) is 1. The summed E-state index contributed by atoms with van der Waals surface area (Å²) >= 11 is 1.66. The summed E-state index contributed by atoms with van der Waals surface area (Å²) in [4.78, 5) is 18.5. The number of nitrogens with zero attached hydrogens (tertiary/aromatic N) is 1. The van der Waals surface area contributed by atoms with E-state index in [1.807, 2.05) is 35.7 Å². The lowest BCUT2D eigenvalue weighted by Gasteiger charge is -2.26. The summed E-state index contributed by atoms with van der Waals surface area (Å²) in [7, 11) is 0. The van der Waals surface area contributed by atoms with Crippen molar-refractivity contribution in [1.82, 2.24) is 10.3 Å². The summed E-state index contributed by atoms with van der Waals surface area (Å²) in [6.07, 6.45) is 1.80. The van der Waals surface area contributed by atoms with Crippen LogP contribution >= 0.6 is 11.3 Å². The molecule has 29 heavy (non-hydrogen) atoms. The number of rotatable bonds is 4. The van der Waals surface area contributed by atoms with Gasteiger partial charge in [-0.05, 0) is 63.2 Å². The van der Waals surface area contributed by atoms with Crippen molar-refractivity contribution in [3.8, 4) is 10.6 Å². The maximum absolute atomic E-state index is 13.0. The zero-order chi connectivity index (χ0) is 21.2. The van der Waals surface area contributed by atoms with E-state index >= 15 is 0 Å². The third-order valence-corrected chi connectivity index (χ3v) is 5.87. The molecule has 4 heteroatoms. The van der Waals surface area contributed by atoms with Gasteiger partial charge in [-0.2, -0.15) is 0 Å². The van der Waals surface area contributed by atoms with E-state index in [2.05, 4.69) is 64.0 Å². The van der Waals surface area contributed by atoms with Crippen LogP contribution in [0.1, 0.15) is 68.6 Å². The summed E-state index contributed by atoms with van der Waals surface area (Å²) < 4.78 is 0. The smallest absolute Gasteiger partial charge is 0.251 e. The second-order valence-corrected chi connectivity index (χ2v) is 10.5. The van der Waals surface area contributed by atoms with E-state index in [1.165, 1.54) is 11.1 Å². The van der Waals surface area contributed by atoms with Crippen molar-refractivity contribution >= 4 is 17.2 Å². The molecule has 0 radical (unpaired) electrons. The van der Waals surface area contributed by atoms with Crippen molar-refractivity contribution in [1.29, 1.82) is 0 Å². The van der Waals surface area contributed by atoms with E-state index in [4.69, 9.17) is 0 Å². The highest BCUT2D eigenvalue weighted by atomic mass is 32.1. The summed E-state index contributed by atoms with van der Waals surface area (Å²) in [6.45, 7) is 13.6. The minimum atomic E-state index is -0.0453. The van der Waals surface area contributed by atoms with Gasteiger partial charge in [-0.3, -0.25) is 9.78 Å². The minimum absolute atomic E-state index is 0.0169. The Morgan fingerprint density at radius 1 is 0.966 bits per heavy atom. The normalized spacial score (nSPS) is 12.1. The molecule has 0 spiro atoms. The Balaban J connectivity index is 1.81. The molecule has 2 aromatic heterocycles. The van der Waals surface area contributed by atoms with Gasteiger partial charge in [0, 0.05) is 18.3 Å². The lowest BCUT2D eigenvalue weighted by Crippen LogP contribution is -2.25. The third kappa shape index (κ3) is 5.33. The number of aromatic nitrogens is 1. The summed E-state index contributed by atoms with van der Waals surface area (Å²) in [5, 5.41) is 5.12. The molecule has 0 saturated heterocycles.